The Balaban J connectivity index is 1.58. The molecule has 2 aliphatic rings. The molecule has 2 aliphatic heterocycles. The van der Waals surface area contributed by atoms with Crippen LogP contribution in [0.2, 0.25) is 0 Å². The van der Waals surface area contributed by atoms with Crippen LogP contribution < -0.4 is 5.32 Å². The SMILES string of the molecule is CN1C2CCCC1CC(NCc1cccc(C(=O)O)c1)C2. The molecule has 2 heterocycles. The lowest BCUT2D eigenvalue weighted by Crippen LogP contribution is -2.54. The number of hydrogen-bond donors (Lipinski definition) is 2. The Hall–Kier alpha value is -1.39. The first kappa shape index (κ1) is 14.5. The van der Waals surface area contributed by atoms with Gasteiger partial charge in [-0.05, 0) is 50.4 Å². The summed E-state index contributed by atoms with van der Waals surface area (Å²) < 4.78 is 0. The van der Waals surface area contributed by atoms with Crippen molar-refractivity contribution >= 4 is 5.97 Å². The number of benzene rings is 1. The van der Waals surface area contributed by atoms with Gasteiger partial charge in [-0.15, -0.1) is 0 Å². The molecule has 0 aliphatic carbocycles. The summed E-state index contributed by atoms with van der Waals surface area (Å²) >= 11 is 0. The fourth-order valence-corrected chi connectivity index (χ4v) is 3.86. The number of aromatic carboxylic acids is 1. The number of carboxylic acids is 1. The Labute approximate surface area is 126 Å². The van der Waals surface area contributed by atoms with Gasteiger partial charge in [0.05, 0.1) is 5.56 Å². The topological polar surface area (TPSA) is 52.6 Å². The fourth-order valence-electron chi connectivity index (χ4n) is 3.86. The Kier molecular flexibility index (Phi) is 4.27. The molecule has 114 valence electrons. The van der Waals surface area contributed by atoms with Gasteiger partial charge < -0.3 is 15.3 Å². The highest BCUT2D eigenvalue weighted by Crippen LogP contribution is 2.32. The molecule has 4 nitrogen and oxygen atoms in total. The molecule has 2 unspecified atom stereocenters. The molecule has 0 amide bonds. The van der Waals surface area contributed by atoms with Crippen LogP contribution in [-0.2, 0) is 6.54 Å². The maximum atomic E-state index is 11.0. The summed E-state index contributed by atoms with van der Waals surface area (Å²) in [6.07, 6.45) is 6.43. The number of carboxylic acid groups (broad SMARTS) is 1. The number of nitrogens with one attached hydrogen (secondary N) is 1. The maximum absolute atomic E-state index is 11.0. The van der Waals surface area contributed by atoms with Crippen molar-refractivity contribution in [3.63, 3.8) is 0 Å². The lowest BCUT2D eigenvalue weighted by molar-refractivity contribution is 0.0482. The summed E-state index contributed by atoms with van der Waals surface area (Å²) in [7, 11) is 2.26. The van der Waals surface area contributed by atoms with E-state index in [9.17, 15) is 4.79 Å². The number of nitrogens with zero attached hydrogens (tertiary/aromatic N) is 1. The summed E-state index contributed by atoms with van der Waals surface area (Å²) in [5, 5.41) is 12.7. The summed E-state index contributed by atoms with van der Waals surface area (Å²) in [5.74, 6) is -0.856. The molecule has 2 N–H and O–H groups in total. The number of fused-ring (bicyclic) bond motifs is 2. The predicted octanol–water partition coefficient (Wildman–Crippen LogP) is 2.49. The monoisotopic (exact) mass is 288 g/mol. The fraction of sp³-hybridized carbons (Fsp3) is 0.588. The minimum Gasteiger partial charge on any atom is -0.478 e. The third-order valence-electron chi connectivity index (χ3n) is 5.11. The van der Waals surface area contributed by atoms with E-state index in [0.717, 1.165) is 24.2 Å². The first-order chi connectivity index (χ1) is 10.1. The second kappa shape index (κ2) is 6.16. The average molecular weight is 288 g/mol. The van der Waals surface area contributed by atoms with Crippen molar-refractivity contribution in [2.24, 2.45) is 0 Å². The zero-order valence-corrected chi connectivity index (χ0v) is 12.6. The van der Waals surface area contributed by atoms with E-state index in [1.54, 1.807) is 12.1 Å². The molecule has 0 radical (unpaired) electrons. The summed E-state index contributed by atoms with van der Waals surface area (Å²) in [4.78, 5) is 13.6. The molecule has 0 saturated carbocycles. The Bertz CT molecular complexity index is 503. The van der Waals surface area contributed by atoms with E-state index in [0.29, 0.717) is 11.6 Å². The molecule has 0 aromatic heterocycles. The van der Waals surface area contributed by atoms with Gasteiger partial charge in [-0.25, -0.2) is 4.79 Å². The predicted molar refractivity (Wildman–Crippen MR) is 82.5 cm³/mol. The molecule has 0 spiro atoms. The standard InChI is InChI=1S/C17H24N2O2/c1-19-15-6-3-7-16(19)10-14(9-15)18-11-12-4-2-5-13(8-12)17(20)21/h2,4-5,8,14-16,18H,3,6-7,9-11H2,1H3,(H,20,21). The smallest absolute Gasteiger partial charge is 0.335 e. The highest BCUT2D eigenvalue weighted by Gasteiger charge is 2.35. The minimum absolute atomic E-state index is 0.370. The molecule has 1 aromatic rings. The first-order valence-electron chi connectivity index (χ1n) is 7.91. The first-order valence-corrected chi connectivity index (χ1v) is 7.91. The Morgan fingerprint density at radius 3 is 2.71 bits per heavy atom. The second-order valence-corrected chi connectivity index (χ2v) is 6.46. The van der Waals surface area contributed by atoms with E-state index in [1.165, 1.54) is 32.1 Å². The molecule has 1 aromatic carbocycles. The van der Waals surface area contributed by atoms with E-state index in [-0.39, 0.29) is 0 Å². The maximum Gasteiger partial charge on any atom is 0.335 e. The number of carbonyl (C=O) groups is 1. The Morgan fingerprint density at radius 1 is 1.33 bits per heavy atom. The molecule has 2 bridgehead atoms. The largest absolute Gasteiger partial charge is 0.478 e. The van der Waals surface area contributed by atoms with E-state index in [1.807, 2.05) is 12.1 Å². The number of hydrogen-bond acceptors (Lipinski definition) is 3. The van der Waals surface area contributed by atoms with Crippen LogP contribution in [0.3, 0.4) is 0 Å². The van der Waals surface area contributed by atoms with Crippen LogP contribution >= 0.6 is 0 Å². The van der Waals surface area contributed by atoms with Gasteiger partial charge in [0, 0.05) is 24.7 Å². The number of rotatable bonds is 4. The van der Waals surface area contributed by atoms with Gasteiger partial charge in [0.1, 0.15) is 0 Å². The summed E-state index contributed by atoms with van der Waals surface area (Å²) in [6, 6.07) is 9.24. The molecule has 2 saturated heterocycles. The molecule has 2 atom stereocenters. The van der Waals surface area contributed by atoms with Crippen LogP contribution in [-0.4, -0.2) is 41.1 Å². The Morgan fingerprint density at radius 2 is 2.05 bits per heavy atom. The molecule has 3 rings (SSSR count). The van der Waals surface area contributed by atoms with Gasteiger partial charge in [-0.2, -0.15) is 0 Å². The lowest BCUT2D eigenvalue weighted by atomic mass is 9.82. The highest BCUT2D eigenvalue weighted by atomic mass is 16.4. The van der Waals surface area contributed by atoms with E-state index in [2.05, 4.69) is 17.3 Å². The van der Waals surface area contributed by atoms with Crippen molar-refractivity contribution in [2.45, 2.75) is 56.8 Å². The van der Waals surface area contributed by atoms with Gasteiger partial charge >= 0.3 is 5.97 Å². The van der Waals surface area contributed by atoms with Crippen molar-refractivity contribution in [3.05, 3.63) is 35.4 Å². The molecule has 4 heteroatoms. The highest BCUT2D eigenvalue weighted by molar-refractivity contribution is 5.87. The summed E-state index contributed by atoms with van der Waals surface area (Å²) in [6.45, 7) is 0.759. The zero-order valence-electron chi connectivity index (χ0n) is 12.6. The zero-order chi connectivity index (χ0) is 14.8. The van der Waals surface area contributed by atoms with Crippen LogP contribution in [0.5, 0.6) is 0 Å². The van der Waals surface area contributed by atoms with Gasteiger partial charge in [-0.1, -0.05) is 18.6 Å². The quantitative estimate of drug-likeness (QED) is 0.894. The van der Waals surface area contributed by atoms with E-state index < -0.39 is 5.97 Å². The van der Waals surface area contributed by atoms with Gasteiger partial charge in [0.2, 0.25) is 0 Å². The lowest BCUT2D eigenvalue weighted by Gasteiger charge is -2.47. The van der Waals surface area contributed by atoms with E-state index >= 15 is 0 Å². The van der Waals surface area contributed by atoms with Crippen LogP contribution in [0.25, 0.3) is 0 Å². The summed E-state index contributed by atoms with van der Waals surface area (Å²) in [5.41, 5.74) is 1.42. The van der Waals surface area contributed by atoms with Crippen LogP contribution in [0.4, 0.5) is 0 Å². The minimum atomic E-state index is -0.856. The molecular weight excluding hydrogens is 264 g/mol. The van der Waals surface area contributed by atoms with E-state index in [4.69, 9.17) is 5.11 Å². The van der Waals surface area contributed by atoms with Crippen LogP contribution in [0, 0.1) is 0 Å². The third-order valence-corrected chi connectivity index (χ3v) is 5.11. The van der Waals surface area contributed by atoms with Crippen LogP contribution in [0.15, 0.2) is 24.3 Å². The van der Waals surface area contributed by atoms with Crippen molar-refractivity contribution in [1.29, 1.82) is 0 Å². The van der Waals surface area contributed by atoms with Crippen molar-refractivity contribution in [3.8, 4) is 0 Å². The van der Waals surface area contributed by atoms with Crippen molar-refractivity contribution in [1.82, 2.24) is 10.2 Å². The van der Waals surface area contributed by atoms with Gasteiger partial charge in [0.15, 0.2) is 0 Å². The van der Waals surface area contributed by atoms with Crippen LogP contribution in [0.1, 0.15) is 48.0 Å². The third kappa shape index (κ3) is 3.27. The molecule has 2 fully saturated rings. The average Bonchev–Trinajstić information content (AvgIpc) is 2.46. The van der Waals surface area contributed by atoms with Crippen molar-refractivity contribution in [2.75, 3.05) is 7.05 Å². The van der Waals surface area contributed by atoms with Crippen molar-refractivity contribution < 1.29 is 9.90 Å². The molecular formula is C17H24N2O2. The normalized spacial score (nSPS) is 29.3. The van der Waals surface area contributed by atoms with Gasteiger partial charge in [0.25, 0.3) is 0 Å². The number of piperidine rings is 2. The molecule has 21 heavy (non-hydrogen) atoms. The van der Waals surface area contributed by atoms with Gasteiger partial charge in [-0.3, -0.25) is 0 Å². The second-order valence-electron chi connectivity index (χ2n) is 6.46.